The first-order valence-electron chi connectivity index (χ1n) is 4.94. The van der Waals surface area contributed by atoms with Crippen LogP contribution in [0.5, 0.6) is 0 Å². The van der Waals surface area contributed by atoms with Gasteiger partial charge in [0, 0.05) is 24.3 Å². The van der Waals surface area contributed by atoms with E-state index < -0.39 is 5.97 Å². The van der Waals surface area contributed by atoms with Gasteiger partial charge in [0.15, 0.2) is 0 Å². The van der Waals surface area contributed by atoms with E-state index in [-0.39, 0.29) is 6.42 Å². The fourth-order valence-electron chi connectivity index (χ4n) is 1.29. The minimum Gasteiger partial charge on any atom is -0.481 e. The highest BCUT2D eigenvalue weighted by atomic mass is 32.1. The fourth-order valence-corrected chi connectivity index (χ4v) is 2.21. The first kappa shape index (κ1) is 12.1. The summed E-state index contributed by atoms with van der Waals surface area (Å²) >= 11 is 1.61. The summed E-state index contributed by atoms with van der Waals surface area (Å²) in [6, 6.07) is 0. The van der Waals surface area contributed by atoms with Crippen LogP contribution >= 0.6 is 11.3 Å². The lowest BCUT2D eigenvalue weighted by atomic mass is 10.2. The molecule has 1 unspecified atom stereocenters. The molecule has 1 aromatic heterocycles. The second kappa shape index (κ2) is 5.82. The molecule has 0 aliphatic rings. The van der Waals surface area contributed by atoms with Gasteiger partial charge in [-0.05, 0) is 7.05 Å². The molecule has 0 saturated heterocycles. The van der Waals surface area contributed by atoms with E-state index in [9.17, 15) is 4.79 Å². The van der Waals surface area contributed by atoms with Crippen LogP contribution in [0, 0.1) is 0 Å². The standard InChI is InChI=1S/C10H16N2O2S/c1-7(5-11-2)10-12-8(6-15-10)3-4-9(13)14/h6-7,11H,3-5H2,1-2H3,(H,13,14). The van der Waals surface area contributed by atoms with Crippen molar-refractivity contribution in [3.05, 3.63) is 16.1 Å². The topological polar surface area (TPSA) is 62.2 Å². The van der Waals surface area contributed by atoms with Crippen LogP contribution in [0.1, 0.15) is 30.0 Å². The Kier molecular flexibility index (Phi) is 4.71. The lowest BCUT2D eigenvalue weighted by Gasteiger charge is -2.05. The monoisotopic (exact) mass is 228 g/mol. The summed E-state index contributed by atoms with van der Waals surface area (Å²) in [4.78, 5) is 14.8. The number of aromatic nitrogens is 1. The zero-order chi connectivity index (χ0) is 11.3. The average Bonchev–Trinajstić information content (AvgIpc) is 2.63. The Labute approximate surface area is 93.4 Å². The van der Waals surface area contributed by atoms with Gasteiger partial charge in [0.25, 0.3) is 0 Å². The Balaban J connectivity index is 2.51. The molecule has 0 aliphatic carbocycles. The summed E-state index contributed by atoms with van der Waals surface area (Å²) in [5.41, 5.74) is 0.889. The van der Waals surface area contributed by atoms with Gasteiger partial charge in [0.05, 0.1) is 17.1 Å². The van der Waals surface area contributed by atoms with Crippen LogP contribution in [0.25, 0.3) is 0 Å². The van der Waals surface area contributed by atoms with E-state index in [0.717, 1.165) is 17.2 Å². The van der Waals surface area contributed by atoms with E-state index in [4.69, 9.17) is 5.11 Å². The van der Waals surface area contributed by atoms with Crippen molar-refractivity contribution in [1.82, 2.24) is 10.3 Å². The predicted octanol–water partition coefficient (Wildman–Crippen LogP) is 1.48. The van der Waals surface area contributed by atoms with Crippen molar-refractivity contribution in [1.29, 1.82) is 0 Å². The van der Waals surface area contributed by atoms with Gasteiger partial charge >= 0.3 is 5.97 Å². The number of aryl methyl sites for hydroxylation is 1. The van der Waals surface area contributed by atoms with E-state index in [2.05, 4.69) is 17.2 Å². The van der Waals surface area contributed by atoms with Gasteiger partial charge in [-0.2, -0.15) is 0 Å². The molecule has 1 rings (SSSR count). The SMILES string of the molecule is CNCC(C)c1nc(CCC(=O)O)cs1. The summed E-state index contributed by atoms with van der Waals surface area (Å²) in [6.07, 6.45) is 0.682. The number of likely N-dealkylation sites (N-methyl/N-ethyl adjacent to an activating group) is 1. The maximum atomic E-state index is 10.4. The number of carboxylic acid groups (broad SMARTS) is 1. The fraction of sp³-hybridized carbons (Fsp3) is 0.600. The van der Waals surface area contributed by atoms with Crippen molar-refractivity contribution in [2.45, 2.75) is 25.7 Å². The minimum atomic E-state index is -0.771. The second-order valence-corrected chi connectivity index (χ2v) is 4.42. The number of thiazole rings is 1. The Hall–Kier alpha value is -0.940. The summed E-state index contributed by atoms with van der Waals surface area (Å²) in [6.45, 7) is 3.00. The molecule has 1 atom stereocenters. The molecular weight excluding hydrogens is 212 g/mol. The summed E-state index contributed by atoms with van der Waals surface area (Å²) in [5, 5.41) is 14.7. The van der Waals surface area contributed by atoms with Crippen molar-refractivity contribution >= 4 is 17.3 Å². The predicted molar refractivity (Wildman–Crippen MR) is 60.4 cm³/mol. The number of rotatable bonds is 6. The molecule has 0 saturated carbocycles. The highest BCUT2D eigenvalue weighted by Crippen LogP contribution is 2.19. The first-order valence-corrected chi connectivity index (χ1v) is 5.82. The van der Waals surface area contributed by atoms with Crippen LogP contribution in [0.3, 0.4) is 0 Å². The van der Waals surface area contributed by atoms with Gasteiger partial charge in [-0.3, -0.25) is 4.79 Å². The van der Waals surface area contributed by atoms with Crippen molar-refractivity contribution < 1.29 is 9.90 Å². The number of nitrogens with one attached hydrogen (secondary N) is 1. The van der Waals surface area contributed by atoms with Gasteiger partial charge < -0.3 is 10.4 Å². The maximum Gasteiger partial charge on any atom is 0.303 e. The summed E-state index contributed by atoms with van der Waals surface area (Å²) in [5.74, 6) is -0.383. The molecule has 0 bridgehead atoms. The molecule has 0 amide bonds. The Morgan fingerprint density at radius 1 is 1.73 bits per heavy atom. The molecule has 1 heterocycles. The van der Waals surface area contributed by atoms with Gasteiger partial charge in [0.2, 0.25) is 0 Å². The van der Waals surface area contributed by atoms with Crippen LogP contribution in [0.4, 0.5) is 0 Å². The van der Waals surface area contributed by atoms with Crippen LogP contribution in [0.2, 0.25) is 0 Å². The third-order valence-corrected chi connectivity index (χ3v) is 3.22. The molecule has 0 fully saturated rings. The number of carbonyl (C=O) groups is 1. The number of hydrogen-bond acceptors (Lipinski definition) is 4. The van der Waals surface area contributed by atoms with Crippen molar-refractivity contribution in [2.75, 3.05) is 13.6 Å². The molecule has 84 valence electrons. The molecule has 1 aromatic rings. The maximum absolute atomic E-state index is 10.4. The highest BCUT2D eigenvalue weighted by molar-refractivity contribution is 7.09. The molecule has 0 radical (unpaired) electrons. The Bertz CT molecular complexity index is 325. The summed E-state index contributed by atoms with van der Waals surface area (Å²) < 4.78 is 0. The van der Waals surface area contributed by atoms with Gasteiger partial charge in [-0.15, -0.1) is 11.3 Å². The first-order chi connectivity index (χ1) is 7.13. The molecule has 0 aliphatic heterocycles. The minimum absolute atomic E-state index is 0.156. The third-order valence-electron chi connectivity index (χ3n) is 2.10. The van der Waals surface area contributed by atoms with Crippen LogP contribution < -0.4 is 5.32 Å². The van der Waals surface area contributed by atoms with Crippen LogP contribution in [0.15, 0.2) is 5.38 Å². The molecule has 4 nitrogen and oxygen atoms in total. The van der Waals surface area contributed by atoms with E-state index in [1.807, 2.05) is 12.4 Å². The lowest BCUT2D eigenvalue weighted by molar-refractivity contribution is -0.136. The molecular formula is C10H16N2O2S. The van der Waals surface area contributed by atoms with E-state index in [1.165, 1.54) is 0 Å². The number of carboxylic acids is 1. The second-order valence-electron chi connectivity index (χ2n) is 3.53. The van der Waals surface area contributed by atoms with Crippen molar-refractivity contribution in [3.8, 4) is 0 Å². The lowest BCUT2D eigenvalue weighted by Crippen LogP contribution is -2.14. The third kappa shape index (κ3) is 3.97. The molecule has 5 heteroatoms. The van der Waals surface area contributed by atoms with Crippen molar-refractivity contribution in [3.63, 3.8) is 0 Å². The van der Waals surface area contributed by atoms with Crippen LogP contribution in [-0.4, -0.2) is 29.7 Å². The van der Waals surface area contributed by atoms with Crippen LogP contribution in [-0.2, 0) is 11.2 Å². The van der Waals surface area contributed by atoms with E-state index in [0.29, 0.717) is 12.3 Å². The molecule has 15 heavy (non-hydrogen) atoms. The number of nitrogens with zero attached hydrogens (tertiary/aromatic N) is 1. The van der Waals surface area contributed by atoms with E-state index >= 15 is 0 Å². The van der Waals surface area contributed by atoms with E-state index in [1.54, 1.807) is 11.3 Å². The molecule has 0 aromatic carbocycles. The van der Waals surface area contributed by atoms with Gasteiger partial charge in [-0.1, -0.05) is 6.92 Å². The summed E-state index contributed by atoms with van der Waals surface area (Å²) in [7, 11) is 1.91. The molecule has 2 N–H and O–H groups in total. The van der Waals surface area contributed by atoms with Gasteiger partial charge in [0.1, 0.15) is 0 Å². The Morgan fingerprint density at radius 2 is 2.47 bits per heavy atom. The quantitative estimate of drug-likeness (QED) is 0.774. The largest absolute Gasteiger partial charge is 0.481 e. The van der Waals surface area contributed by atoms with Gasteiger partial charge in [-0.25, -0.2) is 4.98 Å². The highest BCUT2D eigenvalue weighted by Gasteiger charge is 2.10. The zero-order valence-corrected chi connectivity index (χ0v) is 9.80. The normalized spacial score (nSPS) is 12.7. The smallest absolute Gasteiger partial charge is 0.303 e. The number of hydrogen-bond donors (Lipinski definition) is 2. The number of aliphatic carboxylic acids is 1. The Morgan fingerprint density at radius 3 is 3.07 bits per heavy atom. The van der Waals surface area contributed by atoms with Crippen molar-refractivity contribution in [2.24, 2.45) is 0 Å². The zero-order valence-electron chi connectivity index (χ0n) is 8.99. The molecule has 0 spiro atoms. The average molecular weight is 228 g/mol.